The van der Waals surface area contributed by atoms with E-state index in [9.17, 15) is 57.4 Å². The molecule has 0 aromatic rings. The third-order valence-corrected chi connectivity index (χ3v) is 9.05. The van der Waals surface area contributed by atoms with Gasteiger partial charge in [0.05, 0.1) is 11.0 Å². The summed E-state index contributed by atoms with van der Waals surface area (Å²) in [5.74, 6) is 0. The summed E-state index contributed by atoms with van der Waals surface area (Å²) in [6, 6.07) is 0. The molecule has 0 aliphatic rings. The van der Waals surface area contributed by atoms with Crippen LogP contribution in [0.1, 0.15) is 13.3 Å². The van der Waals surface area contributed by atoms with E-state index in [-0.39, 0.29) is 243 Å². The summed E-state index contributed by atoms with van der Waals surface area (Å²) in [4.78, 5) is 86.7. The maximum Gasteiger partial charge on any atom is 1.00 e. The van der Waals surface area contributed by atoms with Crippen molar-refractivity contribution in [3.63, 3.8) is 0 Å². The van der Waals surface area contributed by atoms with E-state index in [1.165, 1.54) is 0 Å². The van der Waals surface area contributed by atoms with Crippen molar-refractivity contribution in [1.82, 2.24) is 4.90 Å². The second-order valence-corrected chi connectivity index (χ2v) is 11.2. The van der Waals surface area contributed by atoms with E-state index in [1.807, 2.05) is 0 Å². The first-order valence-corrected chi connectivity index (χ1v) is 11.7. The Morgan fingerprint density at radius 1 is 0.533 bits per heavy atom. The predicted molar refractivity (Wildman–Crippen MR) is 55.0 cm³/mol. The van der Waals surface area contributed by atoms with Gasteiger partial charge in [0.15, 0.2) is 0 Å². The normalized spacial score (nSPS) is 11.1. The Balaban J connectivity index is -0.0000000787. The molecule has 0 rings (SSSR count). The Kier molecular flexibility index (Phi) is 54.9. The van der Waals surface area contributed by atoms with Crippen molar-refractivity contribution < 1.29 is 294 Å². The summed E-state index contributed by atoms with van der Waals surface area (Å²) in [5.41, 5.74) is -7.39. The average Bonchev–Trinajstić information content (AvgIpc) is 2.06. The smallest absolute Gasteiger partial charge is 0.809 e. The Hall–Kier alpha value is 8.56. The molecular formula is C5H9NNa8O12P4. The summed E-state index contributed by atoms with van der Waals surface area (Å²) in [5, 5.41) is 0. The summed E-state index contributed by atoms with van der Waals surface area (Å²) >= 11 is 0. The van der Waals surface area contributed by atoms with Crippen LogP contribution in [0, 0.1) is 0 Å². The summed E-state index contributed by atoms with van der Waals surface area (Å²) in [6.45, 7) is 0.0322. The molecule has 0 fully saturated rings. The van der Waals surface area contributed by atoms with Gasteiger partial charge in [-0.25, -0.2) is 0 Å². The predicted octanol–water partition coefficient (Wildman–Crippen LogP) is -30.0. The molecule has 0 N–H and O–H groups in total. The maximum atomic E-state index is 10.9. The molecule has 30 heavy (non-hydrogen) atoms. The minimum atomic E-state index is -6.44. The van der Waals surface area contributed by atoms with Crippen molar-refractivity contribution >= 4 is 30.4 Å². The molecule has 0 bridgehead atoms. The van der Waals surface area contributed by atoms with Crippen molar-refractivity contribution in [3.05, 3.63) is 0 Å². The molecule has 0 aromatic heterocycles. The Bertz CT molecular complexity index is 499. The van der Waals surface area contributed by atoms with Gasteiger partial charge in [0.25, 0.3) is 0 Å². The zero-order valence-corrected chi connectivity index (χ0v) is 38.3. The van der Waals surface area contributed by atoms with Crippen LogP contribution >= 0.6 is 30.4 Å². The van der Waals surface area contributed by atoms with Gasteiger partial charge in [-0.05, 0) is 43.3 Å². The largest absolute Gasteiger partial charge is 1.00 e. The van der Waals surface area contributed by atoms with Crippen LogP contribution in [0.15, 0.2) is 0 Å². The minimum Gasteiger partial charge on any atom is -0.809 e. The van der Waals surface area contributed by atoms with E-state index in [4.69, 9.17) is 0 Å². The molecule has 0 saturated heterocycles. The number of rotatable bonds is 8. The fourth-order valence-corrected chi connectivity index (χ4v) is 7.32. The number of hydrogen-bond acceptors (Lipinski definition) is 13. The van der Waals surface area contributed by atoms with Crippen LogP contribution in [-0.2, 0) is 18.3 Å². The van der Waals surface area contributed by atoms with Gasteiger partial charge in [-0.15, -0.1) is 0 Å². The second kappa shape index (κ2) is 26.5. The first kappa shape index (κ1) is 62.3. The van der Waals surface area contributed by atoms with Crippen molar-refractivity contribution in [2.24, 2.45) is 0 Å². The third-order valence-electron chi connectivity index (χ3n) is 2.21. The fraction of sp³-hybridized carbons (Fsp3) is 1.00. The molecule has 25 heteroatoms. The van der Waals surface area contributed by atoms with Crippen molar-refractivity contribution in [3.8, 4) is 0 Å². The number of nitrogens with zero attached hydrogens (tertiary/aromatic N) is 1. The van der Waals surface area contributed by atoms with E-state index in [0.29, 0.717) is 0 Å². The van der Waals surface area contributed by atoms with Crippen LogP contribution in [0.3, 0.4) is 0 Å². The Morgan fingerprint density at radius 2 is 0.700 bits per heavy atom. The van der Waals surface area contributed by atoms with Gasteiger partial charge in [-0.2, -0.15) is 0 Å². The first-order valence-electron chi connectivity index (χ1n) is 5.26. The third kappa shape index (κ3) is 24.4. The van der Waals surface area contributed by atoms with E-state index in [1.54, 1.807) is 0 Å². The molecule has 0 radical (unpaired) electrons. The molecule has 0 aliphatic carbocycles. The zero-order valence-electron chi connectivity index (χ0n) is 18.7. The molecule has 0 spiro atoms. The molecule has 134 valence electrons. The summed E-state index contributed by atoms with van der Waals surface area (Å²) in [7, 11) is -25.7. The zero-order chi connectivity index (χ0) is 18.1. The van der Waals surface area contributed by atoms with E-state index < -0.39 is 52.9 Å². The van der Waals surface area contributed by atoms with Crippen molar-refractivity contribution in [1.29, 1.82) is 0 Å². The minimum absolute atomic E-state index is 0. The van der Waals surface area contributed by atoms with Crippen LogP contribution < -0.4 is 276 Å². The Labute approximate surface area is 351 Å². The van der Waals surface area contributed by atoms with Gasteiger partial charge in [-0.3, -0.25) is 4.90 Å². The monoisotopic (exact) mass is 583 g/mol. The van der Waals surface area contributed by atoms with Gasteiger partial charge in [0.2, 0.25) is 0 Å². The molecule has 0 saturated carbocycles. The van der Waals surface area contributed by atoms with E-state index in [0.717, 1.165) is 6.92 Å². The molecule has 0 unspecified atom stereocenters. The van der Waals surface area contributed by atoms with Crippen LogP contribution in [0.5, 0.6) is 0 Å². The molecule has 0 amide bonds. The average molecular weight is 583 g/mol. The van der Waals surface area contributed by atoms with Gasteiger partial charge < -0.3 is 57.4 Å². The standard InChI is InChI=1S/C5H17NO12P4.8Na/c1-2-3-6(4(19(7,8)9)20(10,11)12)5(21(13,14)15)22(16,17)18;;;;;;;;/h4-5H,2-3H2,1H3,(H2,7,8,9)(H2,10,11,12)(H2,13,14,15)(H2,16,17,18);;;;;;;;/q;8*+1/p-8. The summed E-state index contributed by atoms with van der Waals surface area (Å²) in [6.07, 6.45) is -0.382. The van der Waals surface area contributed by atoms with Crippen LogP contribution in [-0.4, -0.2) is 22.5 Å². The molecule has 0 atom stereocenters. The molecule has 0 heterocycles. The van der Waals surface area contributed by atoms with E-state index in [2.05, 4.69) is 0 Å². The molecule has 0 aromatic carbocycles. The molecular weight excluding hydrogens is 574 g/mol. The first-order chi connectivity index (χ1) is 9.44. The molecule has 13 nitrogen and oxygen atoms in total. The van der Waals surface area contributed by atoms with Gasteiger partial charge in [-0.1, -0.05) is 6.92 Å². The topological polar surface area (TPSA) is 256 Å². The fourth-order valence-electron chi connectivity index (χ4n) is 1.68. The Morgan fingerprint density at radius 3 is 0.800 bits per heavy atom. The van der Waals surface area contributed by atoms with Crippen molar-refractivity contribution in [2.45, 2.75) is 24.4 Å². The van der Waals surface area contributed by atoms with Gasteiger partial charge in [0, 0.05) is 0 Å². The van der Waals surface area contributed by atoms with Gasteiger partial charge in [0.1, 0.15) is 0 Å². The van der Waals surface area contributed by atoms with E-state index >= 15 is 0 Å². The van der Waals surface area contributed by atoms with Gasteiger partial charge >= 0.3 is 236 Å². The van der Waals surface area contributed by atoms with Crippen molar-refractivity contribution in [2.75, 3.05) is 6.54 Å². The summed E-state index contributed by atoms with van der Waals surface area (Å²) < 4.78 is 43.7. The van der Waals surface area contributed by atoms with Crippen LogP contribution in [0.4, 0.5) is 0 Å². The number of hydrogen-bond donors (Lipinski definition) is 0. The quantitative estimate of drug-likeness (QED) is 0.190. The molecule has 0 aliphatic heterocycles. The van der Waals surface area contributed by atoms with Crippen LogP contribution in [0.2, 0.25) is 0 Å². The SMILES string of the molecule is CCCN(C(P(=O)([O-])[O-])P(=O)([O-])[O-])C(P(=O)([O-])[O-])P(=O)([O-])[O-].[Na+].[Na+].[Na+].[Na+].[Na+].[Na+].[Na+].[Na+]. The maximum absolute atomic E-state index is 10.9. The second-order valence-electron chi connectivity index (χ2n) is 4.09. The van der Waals surface area contributed by atoms with Crippen LogP contribution in [0.25, 0.3) is 0 Å².